The minimum absolute atomic E-state index is 0. The van der Waals surface area contributed by atoms with E-state index in [0.717, 1.165) is 32.4 Å². The highest BCUT2D eigenvalue weighted by Gasteiger charge is 2.30. The van der Waals surface area contributed by atoms with Gasteiger partial charge in [0.05, 0.1) is 0 Å². The van der Waals surface area contributed by atoms with Gasteiger partial charge in [-0.2, -0.15) is 0 Å². The molecule has 0 radical (unpaired) electrons. The monoisotopic (exact) mass is 364 g/mol. The third-order valence-electron chi connectivity index (χ3n) is 5.27. The van der Waals surface area contributed by atoms with Gasteiger partial charge < -0.3 is 10.2 Å². The zero-order valence-corrected chi connectivity index (χ0v) is 15.5. The Morgan fingerprint density at radius 2 is 2.04 bits per heavy atom. The summed E-state index contributed by atoms with van der Waals surface area (Å²) in [5.41, 5.74) is 1.40. The van der Waals surface area contributed by atoms with Crippen LogP contribution in [0.5, 0.6) is 0 Å². The fourth-order valence-electron chi connectivity index (χ4n) is 3.98. The van der Waals surface area contributed by atoms with Gasteiger partial charge in [-0.15, -0.1) is 23.7 Å². The van der Waals surface area contributed by atoms with Crippen molar-refractivity contribution >= 4 is 39.7 Å². The van der Waals surface area contributed by atoms with Crippen molar-refractivity contribution in [3.05, 3.63) is 35.2 Å². The maximum Gasteiger partial charge on any atom is 0.222 e. The molecule has 24 heavy (non-hydrogen) atoms. The number of nitrogens with one attached hydrogen (secondary N) is 1. The Bertz CT molecular complexity index is 701. The van der Waals surface area contributed by atoms with Crippen molar-refractivity contribution in [2.45, 2.75) is 50.6 Å². The number of hydrogen-bond acceptors (Lipinski definition) is 3. The first-order valence-electron chi connectivity index (χ1n) is 8.78. The SMILES string of the molecule is Cl.O=C(CCCc1csc2ccccc12)N1CCC2CCC(C1)N2. The standard InChI is InChI=1S/C19H24N2OS.ClH/c22-19(21-11-10-15-8-9-16(12-21)20-15)7-3-4-14-13-23-18-6-2-1-5-17(14)18;/h1-2,5-6,13,15-16,20H,3-4,7-12H2;1H. The number of amides is 1. The van der Waals surface area contributed by atoms with E-state index in [4.69, 9.17) is 0 Å². The highest BCUT2D eigenvalue weighted by Crippen LogP contribution is 2.27. The van der Waals surface area contributed by atoms with Crippen molar-refractivity contribution in [3.8, 4) is 0 Å². The van der Waals surface area contributed by atoms with Crippen molar-refractivity contribution in [3.63, 3.8) is 0 Å². The van der Waals surface area contributed by atoms with Crippen molar-refractivity contribution in [2.75, 3.05) is 13.1 Å². The van der Waals surface area contributed by atoms with Crippen LogP contribution in [0.4, 0.5) is 0 Å². The lowest BCUT2D eigenvalue weighted by atomic mass is 10.1. The van der Waals surface area contributed by atoms with E-state index in [1.54, 1.807) is 0 Å². The van der Waals surface area contributed by atoms with Gasteiger partial charge in [0.1, 0.15) is 0 Å². The average molecular weight is 365 g/mol. The number of likely N-dealkylation sites (tertiary alicyclic amines) is 1. The van der Waals surface area contributed by atoms with Gasteiger partial charge in [0, 0.05) is 36.3 Å². The first kappa shape index (κ1) is 17.7. The number of benzene rings is 1. The lowest BCUT2D eigenvalue weighted by molar-refractivity contribution is -0.131. The molecule has 2 fully saturated rings. The highest BCUT2D eigenvalue weighted by atomic mass is 35.5. The molecule has 3 nitrogen and oxygen atoms in total. The number of thiophene rings is 1. The summed E-state index contributed by atoms with van der Waals surface area (Å²) in [5, 5.41) is 7.26. The smallest absolute Gasteiger partial charge is 0.222 e. The van der Waals surface area contributed by atoms with Crippen LogP contribution in [-0.4, -0.2) is 36.0 Å². The second kappa shape index (κ2) is 7.85. The molecule has 2 atom stereocenters. The number of carbonyl (C=O) groups excluding carboxylic acids is 1. The number of carbonyl (C=O) groups is 1. The first-order chi connectivity index (χ1) is 11.3. The second-order valence-electron chi connectivity index (χ2n) is 6.88. The van der Waals surface area contributed by atoms with Gasteiger partial charge in [-0.05, 0) is 54.5 Å². The maximum atomic E-state index is 12.5. The minimum Gasteiger partial charge on any atom is -0.341 e. The highest BCUT2D eigenvalue weighted by molar-refractivity contribution is 7.17. The van der Waals surface area contributed by atoms with Crippen LogP contribution >= 0.6 is 23.7 Å². The van der Waals surface area contributed by atoms with Crippen LogP contribution in [0.2, 0.25) is 0 Å². The normalized spacial score (nSPS) is 23.1. The van der Waals surface area contributed by atoms with Gasteiger partial charge in [-0.25, -0.2) is 0 Å². The van der Waals surface area contributed by atoms with Gasteiger partial charge >= 0.3 is 0 Å². The Labute approximate surface area is 153 Å². The van der Waals surface area contributed by atoms with E-state index in [1.165, 1.54) is 28.5 Å². The molecule has 3 heterocycles. The molecule has 2 unspecified atom stereocenters. The summed E-state index contributed by atoms with van der Waals surface area (Å²) in [5.74, 6) is 0.346. The molecular weight excluding hydrogens is 340 g/mol. The largest absolute Gasteiger partial charge is 0.341 e. The molecule has 1 aromatic carbocycles. The predicted molar refractivity (Wildman–Crippen MR) is 103 cm³/mol. The van der Waals surface area contributed by atoms with Crippen LogP contribution in [-0.2, 0) is 11.2 Å². The van der Waals surface area contributed by atoms with Crippen LogP contribution in [0, 0.1) is 0 Å². The molecule has 2 bridgehead atoms. The van der Waals surface area contributed by atoms with Gasteiger partial charge in [0.15, 0.2) is 0 Å². The van der Waals surface area contributed by atoms with Crippen molar-refractivity contribution in [2.24, 2.45) is 0 Å². The second-order valence-corrected chi connectivity index (χ2v) is 7.79. The van der Waals surface area contributed by atoms with Crippen molar-refractivity contribution in [1.82, 2.24) is 10.2 Å². The molecule has 2 aliphatic rings. The average Bonchev–Trinajstić information content (AvgIpc) is 3.11. The van der Waals surface area contributed by atoms with Crippen LogP contribution in [0.3, 0.4) is 0 Å². The Balaban J connectivity index is 0.00000169. The Morgan fingerprint density at radius 3 is 2.96 bits per heavy atom. The van der Waals surface area contributed by atoms with Crippen LogP contribution in [0.1, 0.15) is 37.7 Å². The number of hydrogen-bond donors (Lipinski definition) is 1. The van der Waals surface area contributed by atoms with Crippen LogP contribution < -0.4 is 5.32 Å². The summed E-state index contributed by atoms with van der Waals surface area (Å²) in [4.78, 5) is 14.6. The summed E-state index contributed by atoms with van der Waals surface area (Å²) in [7, 11) is 0. The van der Waals surface area contributed by atoms with E-state index in [-0.39, 0.29) is 12.4 Å². The molecule has 0 spiro atoms. The summed E-state index contributed by atoms with van der Waals surface area (Å²) >= 11 is 1.81. The molecular formula is C19H25ClN2OS. The fraction of sp³-hybridized carbons (Fsp3) is 0.526. The molecule has 2 aliphatic heterocycles. The quantitative estimate of drug-likeness (QED) is 0.889. The molecule has 1 amide bonds. The van der Waals surface area contributed by atoms with Crippen LogP contribution in [0.25, 0.3) is 10.1 Å². The molecule has 4 rings (SSSR count). The molecule has 2 saturated heterocycles. The lowest BCUT2D eigenvalue weighted by Gasteiger charge is -2.24. The summed E-state index contributed by atoms with van der Waals surface area (Å²) in [6, 6.07) is 9.74. The molecule has 1 N–H and O–H groups in total. The lowest BCUT2D eigenvalue weighted by Crippen LogP contribution is -2.38. The molecule has 0 aliphatic carbocycles. The van der Waals surface area contributed by atoms with Gasteiger partial charge in [-0.3, -0.25) is 4.79 Å². The van der Waals surface area contributed by atoms with E-state index >= 15 is 0 Å². The van der Waals surface area contributed by atoms with E-state index in [9.17, 15) is 4.79 Å². The number of aryl methyl sites for hydroxylation is 1. The number of halogens is 1. The van der Waals surface area contributed by atoms with E-state index < -0.39 is 0 Å². The van der Waals surface area contributed by atoms with Gasteiger partial charge in [0.25, 0.3) is 0 Å². The first-order valence-corrected chi connectivity index (χ1v) is 9.66. The third-order valence-corrected chi connectivity index (χ3v) is 6.29. The predicted octanol–water partition coefficient (Wildman–Crippen LogP) is 4.00. The van der Waals surface area contributed by atoms with Gasteiger partial charge in [0.2, 0.25) is 5.91 Å². The van der Waals surface area contributed by atoms with Crippen molar-refractivity contribution in [1.29, 1.82) is 0 Å². The summed E-state index contributed by atoms with van der Waals surface area (Å²) in [6.07, 6.45) is 6.29. The minimum atomic E-state index is 0. The molecule has 0 saturated carbocycles. The molecule has 1 aromatic heterocycles. The topological polar surface area (TPSA) is 32.3 Å². The van der Waals surface area contributed by atoms with E-state index in [2.05, 4.69) is 39.9 Å². The molecule has 2 aromatic rings. The molecule has 5 heteroatoms. The Hall–Kier alpha value is -1.10. The van der Waals surface area contributed by atoms with E-state index in [0.29, 0.717) is 24.4 Å². The molecule has 130 valence electrons. The number of rotatable bonds is 4. The fourth-order valence-corrected chi connectivity index (χ4v) is 4.98. The zero-order chi connectivity index (χ0) is 15.6. The third kappa shape index (κ3) is 3.76. The van der Waals surface area contributed by atoms with Gasteiger partial charge in [-0.1, -0.05) is 18.2 Å². The Morgan fingerprint density at radius 1 is 1.21 bits per heavy atom. The number of fused-ring (bicyclic) bond motifs is 3. The zero-order valence-electron chi connectivity index (χ0n) is 13.9. The summed E-state index contributed by atoms with van der Waals surface area (Å²) < 4.78 is 1.35. The summed E-state index contributed by atoms with van der Waals surface area (Å²) in [6.45, 7) is 1.85. The van der Waals surface area contributed by atoms with E-state index in [1.807, 2.05) is 11.3 Å². The van der Waals surface area contributed by atoms with Crippen LogP contribution in [0.15, 0.2) is 29.6 Å². The number of nitrogens with zero attached hydrogens (tertiary/aromatic N) is 1. The Kier molecular flexibility index (Phi) is 5.80. The van der Waals surface area contributed by atoms with Crippen molar-refractivity contribution < 1.29 is 4.79 Å². The maximum absolute atomic E-state index is 12.5.